The van der Waals surface area contributed by atoms with Gasteiger partial charge < -0.3 is 4.98 Å². The Morgan fingerprint density at radius 1 is 1.58 bits per heavy atom. The first kappa shape index (κ1) is 9.63. The first-order valence-electron chi connectivity index (χ1n) is 3.20. The molecule has 0 fully saturated rings. The summed E-state index contributed by atoms with van der Waals surface area (Å²) in [6, 6.07) is 0. The van der Waals surface area contributed by atoms with Crippen LogP contribution in [-0.4, -0.2) is 4.98 Å². The van der Waals surface area contributed by atoms with Crippen molar-refractivity contribution in [3.05, 3.63) is 31.2 Å². The molecule has 1 N–H and O–H groups in total. The predicted octanol–water partition coefficient (Wildman–Crippen LogP) is 2.23. The summed E-state index contributed by atoms with van der Waals surface area (Å²) in [6.07, 6.45) is -1.28. The smallest absolute Gasteiger partial charge is 0.269 e. The fourth-order valence-corrected chi connectivity index (χ4v) is 1.32. The van der Waals surface area contributed by atoms with Crippen molar-refractivity contribution in [3.8, 4) is 0 Å². The van der Waals surface area contributed by atoms with E-state index in [-0.39, 0.29) is 9.26 Å². The molecule has 0 unspecified atom stereocenters. The van der Waals surface area contributed by atoms with E-state index in [0.29, 0.717) is 0 Å². The number of rotatable bonds is 1. The maximum absolute atomic E-state index is 12.2. The van der Waals surface area contributed by atoms with Crippen LogP contribution in [0.4, 0.5) is 8.78 Å². The van der Waals surface area contributed by atoms with E-state index in [9.17, 15) is 13.6 Å². The molecule has 0 aliphatic rings. The van der Waals surface area contributed by atoms with E-state index in [1.54, 1.807) is 22.6 Å². The minimum Gasteiger partial charge on any atom is -0.364 e. The lowest BCUT2D eigenvalue weighted by atomic mass is 10.2. The van der Waals surface area contributed by atoms with Gasteiger partial charge in [0.05, 0.1) is 9.13 Å². The summed E-state index contributed by atoms with van der Waals surface area (Å²) in [5, 5.41) is 0. The summed E-state index contributed by atoms with van der Waals surface area (Å²) >= 11 is 1.72. The van der Waals surface area contributed by atoms with Crippen molar-refractivity contribution in [3.63, 3.8) is 0 Å². The van der Waals surface area contributed by atoms with Gasteiger partial charge in [0, 0.05) is 11.9 Å². The normalized spacial score (nSPS) is 10.8. The van der Waals surface area contributed by atoms with Crippen LogP contribution in [0.15, 0.2) is 11.0 Å². The number of halogens is 3. The van der Waals surface area contributed by atoms with Gasteiger partial charge in [-0.15, -0.1) is 0 Å². The Hall–Kier alpha value is -0.460. The monoisotopic (exact) mass is 285 g/mol. The van der Waals surface area contributed by atoms with Crippen LogP contribution in [0, 0.1) is 10.5 Å². The highest BCUT2D eigenvalue weighted by Gasteiger charge is 2.16. The van der Waals surface area contributed by atoms with Crippen molar-refractivity contribution < 1.29 is 8.78 Å². The number of pyridine rings is 1. The van der Waals surface area contributed by atoms with Gasteiger partial charge >= 0.3 is 0 Å². The van der Waals surface area contributed by atoms with Gasteiger partial charge in [-0.3, -0.25) is 4.79 Å². The van der Waals surface area contributed by atoms with Crippen LogP contribution in [0.1, 0.15) is 17.7 Å². The molecule has 66 valence electrons. The predicted molar refractivity (Wildman–Crippen MR) is 49.5 cm³/mol. The summed E-state index contributed by atoms with van der Waals surface area (Å²) in [7, 11) is 0. The number of alkyl halides is 2. The van der Waals surface area contributed by atoms with Crippen molar-refractivity contribution in [2.45, 2.75) is 13.3 Å². The minimum absolute atomic E-state index is 0.232. The number of aryl methyl sites for hydroxylation is 1. The lowest BCUT2D eigenvalue weighted by Gasteiger charge is -2.03. The second-order valence-corrected chi connectivity index (χ2v) is 3.47. The highest BCUT2D eigenvalue weighted by molar-refractivity contribution is 14.1. The molecule has 1 aromatic heterocycles. The first-order valence-corrected chi connectivity index (χ1v) is 4.27. The molecule has 0 amide bonds. The Morgan fingerprint density at radius 3 is 2.58 bits per heavy atom. The first-order chi connectivity index (χ1) is 5.54. The molecule has 0 atom stereocenters. The largest absolute Gasteiger partial charge is 0.364 e. The van der Waals surface area contributed by atoms with Gasteiger partial charge in [-0.25, -0.2) is 8.78 Å². The van der Waals surface area contributed by atoms with E-state index in [4.69, 9.17) is 0 Å². The third-order valence-electron chi connectivity index (χ3n) is 1.50. The quantitative estimate of drug-likeness (QED) is 0.788. The molecule has 0 aliphatic heterocycles. The molecule has 0 radical (unpaired) electrons. The van der Waals surface area contributed by atoms with E-state index in [2.05, 4.69) is 4.98 Å². The van der Waals surface area contributed by atoms with Gasteiger partial charge in [0.25, 0.3) is 6.43 Å². The van der Waals surface area contributed by atoms with Crippen molar-refractivity contribution in [2.24, 2.45) is 0 Å². The number of hydrogen-bond acceptors (Lipinski definition) is 1. The zero-order chi connectivity index (χ0) is 9.30. The van der Waals surface area contributed by atoms with Crippen molar-refractivity contribution >= 4 is 22.6 Å². The lowest BCUT2D eigenvalue weighted by Crippen LogP contribution is -2.15. The third kappa shape index (κ3) is 1.65. The molecule has 2 nitrogen and oxygen atoms in total. The maximum Gasteiger partial charge on any atom is 0.269 e. The van der Waals surface area contributed by atoms with Gasteiger partial charge in [0.15, 0.2) is 0 Å². The minimum atomic E-state index is -2.71. The van der Waals surface area contributed by atoms with Crippen LogP contribution in [0.2, 0.25) is 0 Å². The Bertz CT molecular complexity index is 348. The molecule has 0 saturated carbocycles. The molecule has 0 saturated heterocycles. The zero-order valence-corrected chi connectivity index (χ0v) is 8.35. The summed E-state index contributed by atoms with van der Waals surface area (Å²) < 4.78 is 24.8. The molecule has 12 heavy (non-hydrogen) atoms. The average molecular weight is 285 g/mol. The molecular formula is C7H6F2INO. The van der Waals surface area contributed by atoms with Crippen LogP contribution in [-0.2, 0) is 0 Å². The van der Waals surface area contributed by atoms with Gasteiger partial charge in [-0.2, -0.15) is 0 Å². The Morgan fingerprint density at radius 2 is 2.17 bits per heavy atom. The number of aromatic nitrogens is 1. The molecule has 1 aromatic rings. The zero-order valence-electron chi connectivity index (χ0n) is 6.20. The van der Waals surface area contributed by atoms with Crippen LogP contribution < -0.4 is 5.43 Å². The highest BCUT2D eigenvalue weighted by atomic mass is 127. The topological polar surface area (TPSA) is 32.9 Å². The number of hydrogen-bond donors (Lipinski definition) is 1. The van der Waals surface area contributed by atoms with Crippen molar-refractivity contribution in [2.75, 3.05) is 0 Å². The van der Waals surface area contributed by atoms with Crippen LogP contribution in [0.5, 0.6) is 0 Å². The fourth-order valence-electron chi connectivity index (χ4n) is 0.877. The SMILES string of the molecule is Cc1[nH]cc(I)c(=O)c1C(F)F. The summed E-state index contributed by atoms with van der Waals surface area (Å²) in [5.74, 6) is 0. The van der Waals surface area contributed by atoms with Crippen LogP contribution >= 0.6 is 22.6 Å². The van der Waals surface area contributed by atoms with Crippen molar-refractivity contribution in [1.29, 1.82) is 0 Å². The van der Waals surface area contributed by atoms with Crippen LogP contribution in [0.3, 0.4) is 0 Å². The molecule has 0 aromatic carbocycles. The molecule has 1 rings (SSSR count). The Labute approximate surface area is 81.1 Å². The molecule has 0 spiro atoms. The molecule has 5 heteroatoms. The standard InChI is InChI=1S/C7H6F2INO/c1-3-5(7(8)9)6(12)4(10)2-11-3/h2,7H,1H3,(H,11,12). The molecular weight excluding hydrogens is 279 g/mol. The summed E-state index contributed by atoms with van der Waals surface area (Å²) in [5.41, 5.74) is -0.779. The Kier molecular flexibility index (Phi) is 2.81. The van der Waals surface area contributed by atoms with Gasteiger partial charge in [-0.05, 0) is 29.5 Å². The average Bonchev–Trinajstić information content (AvgIpc) is 1.97. The fraction of sp³-hybridized carbons (Fsp3) is 0.286. The Balaban J connectivity index is 3.44. The summed E-state index contributed by atoms with van der Waals surface area (Å²) in [4.78, 5) is 13.7. The van der Waals surface area contributed by atoms with E-state index >= 15 is 0 Å². The van der Waals surface area contributed by atoms with Crippen molar-refractivity contribution in [1.82, 2.24) is 4.98 Å². The van der Waals surface area contributed by atoms with E-state index in [1.807, 2.05) is 0 Å². The third-order valence-corrected chi connectivity index (χ3v) is 2.30. The van der Waals surface area contributed by atoms with Gasteiger partial charge in [-0.1, -0.05) is 0 Å². The van der Waals surface area contributed by atoms with Crippen LogP contribution in [0.25, 0.3) is 0 Å². The summed E-state index contributed by atoms with van der Waals surface area (Å²) in [6.45, 7) is 1.46. The molecule has 0 aliphatic carbocycles. The van der Waals surface area contributed by atoms with E-state index in [1.165, 1.54) is 13.1 Å². The van der Waals surface area contributed by atoms with Gasteiger partial charge in [0.1, 0.15) is 0 Å². The second kappa shape index (κ2) is 3.51. The number of aromatic amines is 1. The maximum atomic E-state index is 12.2. The number of nitrogens with one attached hydrogen (secondary N) is 1. The van der Waals surface area contributed by atoms with E-state index in [0.717, 1.165) is 0 Å². The number of H-pyrrole nitrogens is 1. The highest BCUT2D eigenvalue weighted by Crippen LogP contribution is 2.17. The van der Waals surface area contributed by atoms with Gasteiger partial charge in [0.2, 0.25) is 5.43 Å². The molecule has 1 heterocycles. The van der Waals surface area contributed by atoms with E-state index < -0.39 is 17.4 Å². The lowest BCUT2D eigenvalue weighted by molar-refractivity contribution is 0.148. The molecule has 0 bridgehead atoms. The second-order valence-electron chi connectivity index (χ2n) is 2.31.